The average molecular weight is 453 g/mol. The molecule has 0 radical (unpaired) electrons. The number of amides is 1. The molecule has 1 aliphatic heterocycles. The number of carbonyl (C=O) groups is 1. The minimum absolute atomic E-state index is 0.0311. The maximum atomic E-state index is 13.4. The largest absolute Gasteiger partial charge is 0.493 e. The van der Waals surface area contributed by atoms with Crippen molar-refractivity contribution < 1.29 is 19.0 Å². The topological polar surface area (TPSA) is 77.1 Å². The van der Waals surface area contributed by atoms with Crippen LogP contribution in [0, 0.1) is 0 Å². The summed E-state index contributed by atoms with van der Waals surface area (Å²) in [6, 6.07) is 7.29. The first kappa shape index (κ1) is 23.0. The van der Waals surface area contributed by atoms with Crippen molar-refractivity contribution in [1.82, 2.24) is 5.32 Å². The van der Waals surface area contributed by atoms with E-state index in [0.717, 1.165) is 48.2 Å². The Morgan fingerprint density at radius 3 is 2.36 bits per heavy atom. The number of fused-ring (bicyclic) bond motifs is 3. The summed E-state index contributed by atoms with van der Waals surface area (Å²) < 4.78 is 17.1. The van der Waals surface area contributed by atoms with E-state index in [0.29, 0.717) is 35.8 Å². The Kier molecular flexibility index (Phi) is 6.77. The van der Waals surface area contributed by atoms with Crippen molar-refractivity contribution in [1.29, 1.82) is 0 Å². The smallest absolute Gasteiger partial charge is 0.217 e. The lowest BCUT2D eigenvalue weighted by atomic mass is 9.95. The Balaban J connectivity index is 2.00. The van der Waals surface area contributed by atoms with Crippen molar-refractivity contribution in [2.75, 3.05) is 39.3 Å². The Morgan fingerprint density at radius 2 is 1.73 bits per heavy atom. The van der Waals surface area contributed by atoms with Gasteiger partial charge in [-0.2, -0.15) is 0 Å². The second kappa shape index (κ2) is 9.73. The van der Waals surface area contributed by atoms with Gasteiger partial charge in [-0.05, 0) is 67.0 Å². The van der Waals surface area contributed by atoms with Crippen LogP contribution >= 0.6 is 0 Å². The van der Waals surface area contributed by atoms with Gasteiger partial charge in [0, 0.05) is 25.6 Å². The van der Waals surface area contributed by atoms with Crippen LogP contribution in [0.1, 0.15) is 49.8 Å². The fourth-order valence-electron chi connectivity index (χ4n) is 5.10. The molecule has 33 heavy (non-hydrogen) atoms. The van der Waals surface area contributed by atoms with Gasteiger partial charge in [-0.25, -0.2) is 0 Å². The van der Waals surface area contributed by atoms with Gasteiger partial charge >= 0.3 is 0 Å². The summed E-state index contributed by atoms with van der Waals surface area (Å²) in [6.45, 7) is 3.26. The highest BCUT2D eigenvalue weighted by Crippen LogP contribution is 2.50. The van der Waals surface area contributed by atoms with E-state index >= 15 is 0 Å². The molecule has 1 atom stereocenters. The molecule has 0 unspecified atom stereocenters. The van der Waals surface area contributed by atoms with E-state index in [4.69, 9.17) is 14.2 Å². The molecule has 4 rings (SSSR count). The standard InChI is InChI=1S/C26H32N2O5/c1-16(29)27-20-10-8-17-14-23(31-2)25(32-3)26(33-4)24(17)18-9-11-21(22(30)15-19(18)20)28-12-6-5-7-13-28/h9,11,14-15,20H,5-8,10,12-13H2,1-4H3,(H,27,29)/t20-/m0/s1. The zero-order valence-electron chi connectivity index (χ0n) is 19.8. The third kappa shape index (κ3) is 4.36. The lowest BCUT2D eigenvalue weighted by molar-refractivity contribution is -0.119. The molecule has 1 heterocycles. The van der Waals surface area contributed by atoms with E-state index in [2.05, 4.69) is 10.2 Å². The van der Waals surface area contributed by atoms with E-state index in [1.165, 1.54) is 13.3 Å². The van der Waals surface area contributed by atoms with Crippen LogP contribution in [0.4, 0.5) is 5.69 Å². The van der Waals surface area contributed by atoms with Crippen molar-refractivity contribution in [2.45, 2.75) is 45.1 Å². The monoisotopic (exact) mass is 452 g/mol. The highest BCUT2D eigenvalue weighted by Gasteiger charge is 2.29. The molecule has 0 bridgehead atoms. The van der Waals surface area contributed by atoms with Gasteiger partial charge in [-0.1, -0.05) is 6.07 Å². The summed E-state index contributed by atoms with van der Waals surface area (Å²) in [6.07, 6.45) is 4.69. The fourth-order valence-corrected chi connectivity index (χ4v) is 5.10. The third-order valence-corrected chi connectivity index (χ3v) is 6.59. The van der Waals surface area contributed by atoms with Crippen LogP contribution in [-0.2, 0) is 11.2 Å². The number of anilines is 1. The molecule has 1 fully saturated rings. The summed E-state index contributed by atoms with van der Waals surface area (Å²) in [5, 5.41) is 3.05. The van der Waals surface area contributed by atoms with Crippen molar-refractivity contribution >= 4 is 11.6 Å². The molecule has 0 aromatic heterocycles. The number of rotatable bonds is 5. The maximum Gasteiger partial charge on any atom is 0.217 e. The molecular formula is C26H32N2O5. The summed E-state index contributed by atoms with van der Waals surface area (Å²) in [4.78, 5) is 27.6. The van der Waals surface area contributed by atoms with E-state index < -0.39 is 0 Å². The Hall–Kier alpha value is -3.22. The van der Waals surface area contributed by atoms with Gasteiger partial charge in [0.1, 0.15) is 0 Å². The predicted molar refractivity (Wildman–Crippen MR) is 129 cm³/mol. The number of aryl methyl sites for hydroxylation is 1. The second-order valence-corrected chi connectivity index (χ2v) is 8.62. The van der Waals surface area contributed by atoms with E-state index in [9.17, 15) is 9.59 Å². The summed E-state index contributed by atoms with van der Waals surface area (Å²) in [7, 11) is 4.79. The molecule has 1 saturated heterocycles. The average Bonchev–Trinajstić information content (AvgIpc) is 3.07. The molecule has 2 aliphatic rings. The van der Waals surface area contributed by atoms with Crippen LogP contribution < -0.4 is 29.9 Å². The SMILES string of the molecule is COc1cc2c(c(OC)c1OC)-c1ccc(N3CCCCC3)c(=O)cc1[C@@H](NC(C)=O)CC2. The van der Waals surface area contributed by atoms with Gasteiger partial charge in [0.05, 0.1) is 33.1 Å². The van der Waals surface area contributed by atoms with Crippen LogP contribution in [0.5, 0.6) is 17.2 Å². The van der Waals surface area contributed by atoms with Gasteiger partial charge in [-0.3, -0.25) is 9.59 Å². The van der Waals surface area contributed by atoms with Crippen molar-refractivity contribution in [3.8, 4) is 28.4 Å². The number of nitrogens with one attached hydrogen (secondary N) is 1. The molecule has 7 nitrogen and oxygen atoms in total. The number of hydrogen-bond acceptors (Lipinski definition) is 6. The molecule has 7 heteroatoms. The van der Waals surface area contributed by atoms with Crippen LogP contribution in [-0.4, -0.2) is 40.3 Å². The Labute approximate surface area is 194 Å². The normalized spacial score (nSPS) is 17.3. The molecule has 2 aromatic rings. The lowest BCUT2D eigenvalue weighted by Crippen LogP contribution is -2.32. The lowest BCUT2D eigenvalue weighted by Gasteiger charge is -2.27. The predicted octanol–water partition coefficient (Wildman–Crippen LogP) is 3.85. The molecule has 1 aliphatic carbocycles. The van der Waals surface area contributed by atoms with Crippen molar-refractivity contribution in [2.24, 2.45) is 0 Å². The molecule has 176 valence electrons. The van der Waals surface area contributed by atoms with E-state index in [1.54, 1.807) is 27.4 Å². The van der Waals surface area contributed by atoms with Crippen LogP contribution in [0.25, 0.3) is 11.1 Å². The van der Waals surface area contributed by atoms with Crippen molar-refractivity contribution in [3.05, 3.63) is 45.6 Å². The number of piperidine rings is 1. The van der Waals surface area contributed by atoms with Crippen molar-refractivity contribution in [3.63, 3.8) is 0 Å². The summed E-state index contributed by atoms with van der Waals surface area (Å²) >= 11 is 0. The first-order valence-electron chi connectivity index (χ1n) is 11.5. The fraction of sp³-hybridized carbons (Fsp3) is 0.462. The molecule has 1 N–H and O–H groups in total. The quantitative estimate of drug-likeness (QED) is 0.743. The highest BCUT2D eigenvalue weighted by atomic mass is 16.5. The number of hydrogen-bond donors (Lipinski definition) is 1. The molecule has 2 aromatic carbocycles. The first-order valence-corrected chi connectivity index (χ1v) is 11.5. The minimum atomic E-state index is -0.291. The third-order valence-electron chi connectivity index (χ3n) is 6.59. The zero-order valence-corrected chi connectivity index (χ0v) is 19.8. The van der Waals surface area contributed by atoms with E-state index in [-0.39, 0.29) is 17.4 Å². The minimum Gasteiger partial charge on any atom is -0.493 e. The van der Waals surface area contributed by atoms with Gasteiger partial charge in [0.25, 0.3) is 0 Å². The summed E-state index contributed by atoms with van der Waals surface area (Å²) in [5.41, 5.74) is 4.22. The number of nitrogens with zero attached hydrogens (tertiary/aromatic N) is 1. The molecule has 1 amide bonds. The molecule has 0 spiro atoms. The molecular weight excluding hydrogens is 420 g/mol. The van der Waals surface area contributed by atoms with Crippen LogP contribution in [0.2, 0.25) is 0 Å². The first-order chi connectivity index (χ1) is 16.0. The number of benzene rings is 1. The molecule has 0 saturated carbocycles. The second-order valence-electron chi connectivity index (χ2n) is 8.62. The van der Waals surface area contributed by atoms with E-state index in [1.807, 2.05) is 18.2 Å². The number of methoxy groups -OCH3 is 3. The maximum absolute atomic E-state index is 13.4. The highest BCUT2D eigenvalue weighted by molar-refractivity contribution is 5.83. The zero-order chi connectivity index (χ0) is 23.5. The van der Waals surface area contributed by atoms with Crippen LogP contribution in [0.3, 0.4) is 0 Å². The van der Waals surface area contributed by atoms with Gasteiger partial charge in [-0.15, -0.1) is 0 Å². The van der Waals surface area contributed by atoms with Gasteiger partial charge in [0.2, 0.25) is 17.1 Å². The Morgan fingerprint density at radius 1 is 1.00 bits per heavy atom. The van der Waals surface area contributed by atoms with Crippen LogP contribution in [0.15, 0.2) is 29.1 Å². The van der Waals surface area contributed by atoms with Gasteiger partial charge in [0.15, 0.2) is 11.5 Å². The number of carbonyl (C=O) groups excluding carboxylic acids is 1. The van der Waals surface area contributed by atoms with Gasteiger partial charge < -0.3 is 24.4 Å². The summed E-state index contributed by atoms with van der Waals surface area (Å²) in [5.74, 6) is 1.53. The number of ether oxygens (including phenoxy) is 3. The Bertz CT molecular complexity index is 1110.